The molecule has 0 amide bonds. The number of ketones is 1. The van der Waals surface area contributed by atoms with Crippen LogP contribution in [0.5, 0.6) is 0 Å². The number of H-pyrrole nitrogens is 1. The van der Waals surface area contributed by atoms with Crippen molar-refractivity contribution in [1.82, 2.24) is 9.55 Å². The number of aromatic amines is 1. The molecule has 1 heterocycles. The highest BCUT2D eigenvalue weighted by Crippen LogP contribution is 2.11. The van der Waals surface area contributed by atoms with Gasteiger partial charge in [0.1, 0.15) is 0 Å². The van der Waals surface area contributed by atoms with Crippen LogP contribution in [0.1, 0.15) is 16.1 Å². The highest BCUT2D eigenvalue weighted by molar-refractivity contribution is 6.39. The molecule has 0 fully saturated rings. The maximum Gasteiger partial charge on any atom is 0.377 e. The van der Waals surface area contributed by atoms with Gasteiger partial charge in [-0.2, -0.15) is 0 Å². The number of imidazole rings is 1. The monoisotopic (exact) mass is 246 g/mol. The average Bonchev–Trinajstić information content (AvgIpc) is 2.68. The lowest BCUT2D eigenvalue weighted by Gasteiger charge is -2.05. The van der Waals surface area contributed by atoms with E-state index in [1.807, 2.05) is 0 Å². The third-order valence-corrected chi connectivity index (χ3v) is 2.52. The minimum absolute atomic E-state index is 0.0347. The van der Waals surface area contributed by atoms with Crippen LogP contribution in [0, 0.1) is 6.92 Å². The number of benzene rings is 1. The summed E-state index contributed by atoms with van der Waals surface area (Å²) in [5.41, 5.74) is 0.811. The fourth-order valence-electron chi connectivity index (χ4n) is 1.69. The van der Waals surface area contributed by atoms with Crippen molar-refractivity contribution in [1.29, 1.82) is 0 Å². The lowest BCUT2D eigenvalue weighted by atomic mass is 10.1. The summed E-state index contributed by atoms with van der Waals surface area (Å²) in [5, 5.41) is 8.64. The van der Waals surface area contributed by atoms with Gasteiger partial charge in [-0.05, 0) is 19.1 Å². The number of hydrogen-bond acceptors (Lipinski definition) is 3. The number of nitrogens with one attached hydrogen (secondary N) is 1. The number of carbonyl (C=O) groups is 2. The van der Waals surface area contributed by atoms with Crippen molar-refractivity contribution in [3.63, 3.8) is 0 Å². The van der Waals surface area contributed by atoms with Crippen LogP contribution in [0.2, 0.25) is 0 Å². The van der Waals surface area contributed by atoms with Crippen molar-refractivity contribution < 1.29 is 14.7 Å². The van der Waals surface area contributed by atoms with Crippen LogP contribution < -0.4 is 5.69 Å². The van der Waals surface area contributed by atoms with Gasteiger partial charge in [0.2, 0.25) is 0 Å². The van der Waals surface area contributed by atoms with E-state index in [9.17, 15) is 14.4 Å². The molecule has 0 unspecified atom stereocenters. The van der Waals surface area contributed by atoms with Gasteiger partial charge in [0.05, 0.1) is 5.69 Å². The fraction of sp³-hybridized carbons (Fsp3) is 0.0833. The molecule has 2 N–H and O–H groups in total. The maximum atomic E-state index is 11.6. The molecule has 6 nitrogen and oxygen atoms in total. The first kappa shape index (κ1) is 11.8. The predicted molar refractivity (Wildman–Crippen MR) is 63.1 cm³/mol. The van der Waals surface area contributed by atoms with E-state index in [0.29, 0.717) is 11.4 Å². The Morgan fingerprint density at radius 2 is 2.06 bits per heavy atom. The van der Waals surface area contributed by atoms with Crippen molar-refractivity contribution in [2.75, 3.05) is 0 Å². The van der Waals surface area contributed by atoms with E-state index < -0.39 is 11.8 Å². The molecule has 1 aromatic carbocycles. The fourth-order valence-corrected chi connectivity index (χ4v) is 1.69. The van der Waals surface area contributed by atoms with Gasteiger partial charge in [-0.1, -0.05) is 12.1 Å². The minimum atomic E-state index is -1.52. The van der Waals surface area contributed by atoms with Crippen LogP contribution in [0.15, 0.2) is 35.3 Å². The van der Waals surface area contributed by atoms with Crippen LogP contribution in [0.4, 0.5) is 0 Å². The third-order valence-electron chi connectivity index (χ3n) is 2.52. The van der Waals surface area contributed by atoms with Gasteiger partial charge in [0.15, 0.2) is 0 Å². The van der Waals surface area contributed by atoms with Crippen LogP contribution in [0.25, 0.3) is 5.69 Å². The molecule has 0 saturated carbocycles. The second-order valence-electron chi connectivity index (χ2n) is 3.76. The molecule has 0 bridgehead atoms. The smallest absolute Gasteiger partial charge is 0.377 e. The first-order chi connectivity index (χ1) is 8.50. The van der Waals surface area contributed by atoms with Crippen molar-refractivity contribution in [3.05, 3.63) is 52.2 Å². The Morgan fingerprint density at radius 3 is 2.61 bits per heavy atom. The standard InChI is InChI=1S/C12H10N2O4/c1-7-6-13-12(18)14(7)9-4-2-3-8(5-9)10(15)11(16)17/h2-6H,1H3,(H,13,18)(H,16,17). The molecule has 2 aromatic rings. The van der Waals surface area contributed by atoms with E-state index in [1.54, 1.807) is 13.0 Å². The summed E-state index contributed by atoms with van der Waals surface area (Å²) in [6.07, 6.45) is 1.54. The Morgan fingerprint density at radius 1 is 1.33 bits per heavy atom. The lowest BCUT2D eigenvalue weighted by molar-refractivity contribution is -0.131. The molecule has 0 atom stereocenters. The van der Waals surface area contributed by atoms with E-state index in [1.165, 1.54) is 29.0 Å². The summed E-state index contributed by atoms with van der Waals surface area (Å²) in [6, 6.07) is 5.93. The molecule has 0 aliphatic heterocycles. The molecule has 0 aliphatic carbocycles. The van der Waals surface area contributed by atoms with Gasteiger partial charge >= 0.3 is 11.7 Å². The zero-order chi connectivity index (χ0) is 13.3. The molecule has 1 aromatic heterocycles. The largest absolute Gasteiger partial charge is 0.475 e. The summed E-state index contributed by atoms with van der Waals surface area (Å²) in [4.78, 5) is 36.0. The van der Waals surface area contributed by atoms with Crippen LogP contribution in [0.3, 0.4) is 0 Å². The van der Waals surface area contributed by atoms with Crippen molar-refractivity contribution in [2.24, 2.45) is 0 Å². The van der Waals surface area contributed by atoms with Crippen molar-refractivity contribution in [3.8, 4) is 5.69 Å². The number of hydrogen-bond donors (Lipinski definition) is 2. The molecule has 2 rings (SSSR count). The quantitative estimate of drug-likeness (QED) is 0.617. The zero-order valence-corrected chi connectivity index (χ0v) is 9.51. The summed E-state index contributed by atoms with van der Waals surface area (Å²) < 4.78 is 1.36. The first-order valence-corrected chi connectivity index (χ1v) is 5.16. The zero-order valence-electron chi connectivity index (χ0n) is 9.51. The topological polar surface area (TPSA) is 92.2 Å². The van der Waals surface area contributed by atoms with Crippen LogP contribution in [-0.2, 0) is 4.79 Å². The minimum Gasteiger partial charge on any atom is -0.475 e. The molecular formula is C12H10N2O4. The number of carboxylic acids is 1. The second-order valence-corrected chi connectivity index (χ2v) is 3.76. The molecule has 0 spiro atoms. The number of nitrogens with zero attached hydrogens (tertiary/aromatic N) is 1. The first-order valence-electron chi connectivity index (χ1n) is 5.16. The van der Waals surface area contributed by atoms with E-state index in [2.05, 4.69) is 4.98 Å². The van der Waals surface area contributed by atoms with Gasteiger partial charge < -0.3 is 10.1 Å². The van der Waals surface area contributed by atoms with Gasteiger partial charge in [-0.15, -0.1) is 0 Å². The molecule has 0 saturated heterocycles. The number of aromatic nitrogens is 2. The summed E-state index contributed by atoms with van der Waals surface area (Å²) >= 11 is 0. The highest BCUT2D eigenvalue weighted by atomic mass is 16.4. The van der Waals surface area contributed by atoms with Crippen molar-refractivity contribution in [2.45, 2.75) is 6.92 Å². The summed E-state index contributed by atoms with van der Waals surface area (Å²) in [6.45, 7) is 1.73. The SMILES string of the molecule is Cc1c[nH]c(=O)n1-c1cccc(C(=O)C(=O)O)c1. The molecule has 92 valence electrons. The Bertz CT molecular complexity index is 681. The number of rotatable bonds is 3. The Hall–Kier alpha value is -2.63. The Kier molecular flexibility index (Phi) is 2.85. The number of carbonyl (C=O) groups excluding carboxylic acids is 1. The predicted octanol–water partition coefficient (Wildman–Crippen LogP) is 0.741. The second kappa shape index (κ2) is 4.33. The van der Waals surface area contributed by atoms with Crippen LogP contribution in [-0.4, -0.2) is 26.4 Å². The number of aryl methyl sites for hydroxylation is 1. The van der Waals surface area contributed by atoms with E-state index in [0.717, 1.165) is 0 Å². The molecule has 6 heteroatoms. The molecule has 18 heavy (non-hydrogen) atoms. The van der Waals surface area contributed by atoms with E-state index in [-0.39, 0.29) is 11.3 Å². The number of aliphatic carboxylic acids is 1. The third kappa shape index (κ3) is 1.95. The van der Waals surface area contributed by atoms with Crippen LogP contribution >= 0.6 is 0 Å². The normalized spacial score (nSPS) is 10.3. The van der Waals surface area contributed by atoms with Crippen molar-refractivity contribution >= 4 is 11.8 Å². The highest BCUT2D eigenvalue weighted by Gasteiger charge is 2.15. The van der Waals surface area contributed by atoms with E-state index >= 15 is 0 Å². The summed E-state index contributed by atoms with van der Waals surface area (Å²) in [5.74, 6) is -2.52. The molecule has 0 aliphatic rings. The Labute approximate surface area is 102 Å². The van der Waals surface area contributed by atoms with Gasteiger partial charge in [-0.3, -0.25) is 9.36 Å². The maximum absolute atomic E-state index is 11.6. The average molecular weight is 246 g/mol. The number of carboxylic acid groups (broad SMARTS) is 1. The lowest BCUT2D eigenvalue weighted by Crippen LogP contribution is -2.17. The van der Waals surface area contributed by atoms with E-state index in [4.69, 9.17) is 5.11 Å². The molecule has 0 radical (unpaired) electrons. The van der Waals surface area contributed by atoms with Gasteiger partial charge in [0, 0.05) is 17.5 Å². The number of Topliss-reactive ketones (excluding diaryl/α,β-unsaturated/α-hetero) is 1. The molecular weight excluding hydrogens is 236 g/mol. The Balaban J connectivity index is 2.55. The summed E-state index contributed by atoms with van der Waals surface area (Å²) in [7, 11) is 0. The van der Waals surface area contributed by atoms with Gasteiger partial charge in [0.25, 0.3) is 5.78 Å². The van der Waals surface area contributed by atoms with Gasteiger partial charge in [-0.25, -0.2) is 9.59 Å².